The van der Waals surface area contributed by atoms with Gasteiger partial charge in [-0.1, -0.05) is 83.1 Å². The van der Waals surface area contributed by atoms with Crippen molar-refractivity contribution in [2.24, 2.45) is 0 Å². The molecule has 0 aliphatic rings. The number of Topliss-reactive ketones (excluding diaryl/α,β-unsaturated/α-hetero) is 2. The van der Waals surface area contributed by atoms with E-state index in [1.807, 2.05) is 107 Å². The van der Waals surface area contributed by atoms with Crippen molar-refractivity contribution >= 4 is 32.0 Å². The number of aromatic hydroxyl groups is 2. The zero-order chi connectivity index (χ0) is 35.6. The van der Waals surface area contributed by atoms with Crippen LogP contribution in [0, 0.1) is 0 Å². The Hall–Kier alpha value is -2.99. The van der Waals surface area contributed by atoms with Gasteiger partial charge in [0.2, 0.25) is 0 Å². The van der Waals surface area contributed by atoms with Gasteiger partial charge in [-0.15, -0.1) is 0 Å². The number of rotatable bonds is 10. The lowest BCUT2D eigenvalue weighted by molar-refractivity contribution is -0.117. The van der Waals surface area contributed by atoms with Gasteiger partial charge in [0.25, 0.3) is 0 Å². The van der Waals surface area contributed by atoms with E-state index < -0.39 is 21.5 Å². The fourth-order valence-electron chi connectivity index (χ4n) is 4.95. The van der Waals surface area contributed by atoms with Crippen LogP contribution in [-0.2, 0) is 44.9 Å². The molecule has 2 rings (SSSR count). The zero-order valence-electron chi connectivity index (χ0n) is 30.3. The van der Waals surface area contributed by atoms with Crippen LogP contribution in [-0.4, -0.2) is 35.0 Å². The molecule has 7 nitrogen and oxygen atoms in total. The van der Waals surface area contributed by atoms with Crippen LogP contribution in [0.15, 0.2) is 35.4 Å². The summed E-state index contributed by atoms with van der Waals surface area (Å²) in [7, 11) is -3.12. The van der Waals surface area contributed by atoms with E-state index in [2.05, 4.69) is 0 Å². The molecule has 46 heavy (non-hydrogen) atoms. The smallest absolute Gasteiger partial charge is 0.320 e. The van der Waals surface area contributed by atoms with E-state index in [9.17, 15) is 24.4 Å². The Morgan fingerprint density at radius 1 is 0.587 bits per heavy atom. The number of benzene rings is 2. The molecule has 2 aromatic rings. The van der Waals surface area contributed by atoms with Gasteiger partial charge in [0.15, 0.2) is 11.6 Å². The van der Waals surface area contributed by atoms with Crippen molar-refractivity contribution < 1.29 is 33.4 Å². The minimum Gasteiger partial charge on any atom is -0.507 e. The minimum atomic E-state index is -3.12. The Balaban J connectivity index is 2.13. The van der Waals surface area contributed by atoms with Crippen molar-refractivity contribution in [1.29, 1.82) is 0 Å². The van der Waals surface area contributed by atoms with Crippen molar-refractivity contribution in [2.45, 2.75) is 119 Å². The highest BCUT2D eigenvalue weighted by molar-refractivity contribution is 7.33. The van der Waals surface area contributed by atoms with Gasteiger partial charge < -0.3 is 19.3 Å². The molecule has 0 unspecified atom stereocenters. The Bertz CT molecular complexity index is 1360. The minimum absolute atomic E-state index is 0.257. The Labute approximate surface area is 277 Å². The molecule has 0 saturated heterocycles. The molecule has 0 aliphatic carbocycles. The van der Waals surface area contributed by atoms with Crippen molar-refractivity contribution in [3.63, 3.8) is 0 Å². The lowest BCUT2D eigenvalue weighted by Gasteiger charge is -2.28. The molecule has 0 saturated carbocycles. The van der Waals surface area contributed by atoms with Crippen LogP contribution < -0.4 is 0 Å². The number of phenolic OH excluding ortho intramolecular Hbond substituents is 2. The molecule has 0 bridgehead atoms. The van der Waals surface area contributed by atoms with Crippen molar-refractivity contribution in [3.8, 4) is 11.5 Å². The number of phenols is 2. The Kier molecular flexibility index (Phi) is 12.3. The first-order valence-corrected chi connectivity index (χ1v) is 16.9. The Morgan fingerprint density at radius 2 is 0.826 bits per heavy atom. The topological polar surface area (TPSA) is 110 Å². The van der Waals surface area contributed by atoms with E-state index in [1.54, 1.807) is 26.0 Å². The van der Waals surface area contributed by atoms with Crippen LogP contribution in [0.4, 0.5) is 0 Å². The van der Waals surface area contributed by atoms with E-state index in [0.717, 1.165) is 33.4 Å². The third kappa shape index (κ3) is 10.5. The molecule has 0 aliphatic heterocycles. The highest BCUT2D eigenvalue weighted by Gasteiger charge is 2.28. The first-order chi connectivity index (χ1) is 20.7. The summed E-state index contributed by atoms with van der Waals surface area (Å²) in [4.78, 5) is 25.7. The molecule has 2 N–H and O–H groups in total. The number of hydrogen-bond donors (Lipinski definition) is 2. The van der Waals surface area contributed by atoms with Gasteiger partial charge in [-0.25, -0.2) is 0 Å². The molecule has 0 radical (unpaired) electrons. The molecule has 8 heteroatoms. The average Bonchev–Trinajstić information content (AvgIpc) is 2.89. The number of carbonyl (C=O) groups is 2. The predicted octanol–water partition coefficient (Wildman–Crippen LogP) is 9.36. The standard InChI is InChI=1S/C38H55O7P/c1-23(15-25-17-27(35(3,4)5)33(41)28(18-25)36(6,7)8)31(39)21-44-46(43)45-22-32(40)24(2)16-26-19-29(37(9,10)11)34(42)30(20-26)38(12,13)14/h15-20,41-42,46H,21-22H2,1-14H3. The highest BCUT2D eigenvalue weighted by atomic mass is 31.1. The molecule has 0 atom stereocenters. The molecule has 254 valence electrons. The fourth-order valence-corrected chi connectivity index (χ4v) is 5.53. The van der Waals surface area contributed by atoms with Crippen LogP contribution in [0.5, 0.6) is 11.5 Å². The first-order valence-electron chi connectivity index (χ1n) is 15.7. The summed E-state index contributed by atoms with van der Waals surface area (Å²) in [6, 6.07) is 7.51. The summed E-state index contributed by atoms with van der Waals surface area (Å²) in [6.45, 7) is 26.6. The summed E-state index contributed by atoms with van der Waals surface area (Å²) < 4.78 is 22.9. The summed E-state index contributed by atoms with van der Waals surface area (Å²) in [6.07, 6.45) is 3.45. The summed E-state index contributed by atoms with van der Waals surface area (Å²) in [5, 5.41) is 21.9. The molecule has 0 aromatic heterocycles. The molecule has 0 heterocycles. The third-order valence-corrected chi connectivity index (χ3v) is 8.54. The van der Waals surface area contributed by atoms with Crippen LogP contribution in [0.1, 0.15) is 130 Å². The molecule has 0 amide bonds. The van der Waals surface area contributed by atoms with Gasteiger partial charge in [-0.2, -0.15) is 0 Å². The van der Waals surface area contributed by atoms with Gasteiger partial charge in [-0.05, 0) is 94.2 Å². The predicted molar refractivity (Wildman–Crippen MR) is 189 cm³/mol. The fraction of sp³-hybridized carbons (Fsp3) is 0.526. The number of carbonyl (C=O) groups excluding carboxylic acids is 2. The maximum absolute atomic E-state index is 12.8. The molecule has 0 spiro atoms. The van der Waals surface area contributed by atoms with Gasteiger partial charge in [0, 0.05) is 22.3 Å². The average molecular weight is 655 g/mol. The zero-order valence-corrected chi connectivity index (χ0v) is 31.3. The van der Waals surface area contributed by atoms with E-state index in [0.29, 0.717) is 11.1 Å². The Morgan fingerprint density at radius 3 is 1.04 bits per heavy atom. The second kappa shape index (κ2) is 14.4. The molecular formula is C38H55O7P. The van der Waals surface area contributed by atoms with Crippen LogP contribution in [0.2, 0.25) is 0 Å². The number of ketones is 2. The molecule has 0 fully saturated rings. The quantitative estimate of drug-likeness (QED) is 0.194. The van der Waals surface area contributed by atoms with Gasteiger partial charge in [0.1, 0.15) is 24.7 Å². The highest BCUT2D eigenvalue weighted by Crippen LogP contribution is 2.41. The van der Waals surface area contributed by atoms with Crippen molar-refractivity contribution in [2.75, 3.05) is 13.2 Å². The van der Waals surface area contributed by atoms with Crippen molar-refractivity contribution in [3.05, 3.63) is 68.8 Å². The van der Waals surface area contributed by atoms with Crippen LogP contribution in [0.25, 0.3) is 12.2 Å². The number of hydrogen-bond acceptors (Lipinski definition) is 7. The van der Waals surface area contributed by atoms with Gasteiger partial charge in [-0.3, -0.25) is 14.2 Å². The summed E-state index contributed by atoms with van der Waals surface area (Å²) in [5.74, 6) is -0.230. The maximum Gasteiger partial charge on any atom is 0.320 e. The summed E-state index contributed by atoms with van der Waals surface area (Å²) >= 11 is 0. The second-order valence-electron chi connectivity index (χ2n) is 16.3. The summed E-state index contributed by atoms with van der Waals surface area (Å²) in [5.41, 5.74) is 4.21. The normalized spacial score (nSPS) is 14.4. The van der Waals surface area contributed by atoms with Gasteiger partial charge >= 0.3 is 8.25 Å². The van der Waals surface area contributed by atoms with Gasteiger partial charge in [0.05, 0.1) is 0 Å². The second-order valence-corrected chi connectivity index (χ2v) is 17.3. The van der Waals surface area contributed by atoms with Crippen LogP contribution >= 0.6 is 8.25 Å². The van der Waals surface area contributed by atoms with E-state index in [-0.39, 0.29) is 44.7 Å². The lowest BCUT2D eigenvalue weighted by atomic mass is 9.78. The van der Waals surface area contributed by atoms with Crippen LogP contribution in [0.3, 0.4) is 0 Å². The van der Waals surface area contributed by atoms with E-state index in [4.69, 9.17) is 9.05 Å². The van der Waals surface area contributed by atoms with E-state index >= 15 is 0 Å². The largest absolute Gasteiger partial charge is 0.507 e. The lowest BCUT2D eigenvalue weighted by Crippen LogP contribution is -2.17. The molecular weight excluding hydrogens is 599 g/mol. The SMILES string of the molecule is CC(=Cc1cc(C(C)(C)C)c(O)c(C(C)(C)C)c1)C(=O)CO[PH](=O)OCC(=O)C(C)=Cc1cc(C(C)(C)C)c(O)c(C(C)(C)C)c1. The third-order valence-electron chi connectivity index (χ3n) is 7.78. The maximum atomic E-state index is 12.8. The molecule has 2 aromatic carbocycles. The first kappa shape index (κ1) is 39.2. The monoisotopic (exact) mass is 654 g/mol. The van der Waals surface area contributed by atoms with Crippen molar-refractivity contribution in [1.82, 2.24) is 0 Å². The van der Waals surface area contributed by atoms with E-state index in [1.165, 1.54) is 0 Å².